The maximum atomic E-state index is 14.6. The standard InChI is InChI=1S/C26H29FN4O5/c1-14-12-17(30-35-14)28-21(32)18-19-23(34)31(13-15-8-6-7-9-16(15)27)20(22(33)29-24(2,3)4)26(19)11-10-25(18,5)36-26/h6-12,18-20H,13H2,1-5H3,(H,29,33)(H,28,30,32)/t18-,19+,20-,25+,26-/m1/s1. The van der Waals surface area contributed by atoms with Crippen molar-refractivity contribution in [2.45, 2.75) is 63.9 Å². The van der Waals surface area contributed by atoms with Crippen LogP contribution in [0, 0.1) is 24.6 Å². The zero-order valence-corrected chi connectivity index (χ0v) is 20.8. The molecule has 2 saturated heterocycles. The van der Waals surface area contributed by atoms with Crippen LogP contribution in [0.1, 0.15) is 39.0 Å². The topological polar surface area (TPSA) is 114 Å². The number of anilines is 1. The number of benzene rings is 1. The molecule has 3 aliphatic rings. The van der Waals surface area contributed by atoms with Gasteiger partial charge < -0.3 is 24.8 Å². The van der Waals surface area contributed by atoms with Crippen LogP contribution in [0.15, 0.2) is 47.0 Å². The van der Waals surface area contributed by atoms with Gasteiger partial charge in [-0.2, -0.15) is 0 Å². The molecule has 5 rings (SSSR count). The molecule has 9 nitrogen and oxygen atoms in total. The molecule has 3 aliphatic heterocycles. The summed E-state index contributed by atoms with van der Waals surface area (Å²) in [4.78, 5) is 42.5. The molecule has 3 amide bonds. The number of fused-ring (bicyclic) bond motifs is 1. The van der Waals surface area contributed by atoms with Gasteiger partial charge in [-0.15, -0.1) is 0 Å². The Bertz CT molecular complexity index is 1280. The molecule has 5 atom stereocenters. The van der Waals surface area contributed by atoms with E-state index in [-0.39, 0.29) is 17.9 Å². The average molecular weight is 497 g/mol. The fourth-order valence-electron chi connectivity index (χ4n) is 5.68. The lowest BCUT2D eigenvalue weighted by Gasteiger charge is -2.35. The molecule has 0 radical (unpaired) electrons. The highest BCUT2D eigenvalue weighted by molar-refractivity contribution is 6.03. The van der Waals surface area contributed by atoms with Gasteiger partial charge in [-0.1, -0.05) is 35.5 Å². The van der Waals surface area contributed by atoms with E-state index in [1.54, 1.807) is 50.3 Å². The van der Waals surface area contributed by atoms with Crippen LogP contribution in [0.2, 0.25) is 0 Å². The molecular formula is C26H29FN4O5. The van der Waals surface area contributed by atoms with Crippen molar-refractivity contribution in [2.75, 3.05) is 5.32 Å². The summed E-state index contributed by atoms with van der Waals surface area (Å²) < 4.78 is 26.1. The number of hydrogen-bond donors (Lipinski definition) is 2. The lowest BCUT2D eigenvalue weighted by molar-refractivity contribution is -0.145. The van der Waals surface area contributed by atoms with Crippen LogP contribution in [-0.4, -0.2) is 50.6 Å². The second kappa shape index (κ2) is 7.99. The van der Waals surface area contributed by atoms with Crippen LogP contribution in [0.5, 0.6) is 0 Å². The van der Waals surface area contributed by atoms with E-state index < -0.39 is 58.2 Å². The molecule has 1 spiro atoms. The summed E-state index contributed by atoms with van der Waals surface area (Å²) >= 11 is 0. The third-order valence-corrected chi connectivity index (χ3v) is 7.00. The maximum Gasteiger partial charge on any atom is 0.246 e. The number of halogens is 1. The number of aryl methyl sites for hydroxylation is 1. The summed E-state index contributed by atoms with van der Waals surface area (Å²) in [5, 5.41) is 9.46. The largest absolute Gasteiger partial charge is 0.360 e. The SMILES string of the molecule is Cc1cc(NC(=O)[C@H]2[C@H]3C(=O)N(Cc4ccccc4F)[C@H](C(=O)NC(C)(C)C)[C@@]34C=C[C@]2(C)O4)no1. The van der Waals surface area contributed by atoms with Gasteiger partial charge >= 0.3 is 0 Å². The Labute approximate surface area is 208 Å². The van der Waals surface area contributed by atoms with E-state index >= 15 is 0 Å². The van der Waals surface area contributed by atoms with Crippen molar-refractivity contribution in [3.63, 3.8) is 0 Å². The summed E-state index contributed by atoms with van der Waals surface area (Å²) in [6, 6.07) is 6.57. The molecule has 1 aromatic carbocycles. The summed E-state index contributed by atoms with van der Waals surface area (Å²) in [5.41, 5.74) is -2.83. The number of aromatic nitrogens is 1. The second-order valence-corrected chi connectivity index (χ2v) is 10.9. The molecule has 2 fully saturated rings. The quantitative estimate of drug-likeness (QED) is 0.616. The van der Waals surface area contributed by atoms with Crippen LogP contribution in [-0.2, 0) is 25.7 Å². The number of nitrogens with one attached hydrogen (secondary N) is 2. The van der Waals surface area contributed by atoms with E-state index in [9.17, 15) is 18.8 Å². The molecule has 36 heavy (non-hydrogen) atoms. The van der Waals surface area contributed by atoms with E-state index in [1.807, 2.05) is 20.8 Å². The monoisotopic (exact) mass is 496 g/mol. The first kappa shape index (κ1) is 24.2. The van der Waals surface area contributed by atoms with Crippen molar-refractivity contribution in [3.05, 3.63) is 59.6 Å². The van der Waals surface area contributed by atoms with E-state index in [2.05, 4.69) is 15.8 Å². The van der Waals surface area contributed by atoms with Gasteiger partial charge in [0.25, 0.3) is 0 Å². The highest BCUT2D eigenvalue weighted by Crippen LogP contribution is 2.60. The fraction of sp³-hybridized carbons (Fsp3) is 0.462. The Kier molecular flexibility index (Phi) is 5.37. The minimum absolute atomic E-state index is 0.142. The molecule has 4 heterocycles. The highest BCUT2D eigenvalue weighted by Gasteiger charge is 2.76. The van der Waals surface area contributed by atoms with Crippen LogP contribution in [0.4, 0.5) is 10.2 Å². The van der Waals surface area contributed by atoms with Gasteiger partial charge in [0.2, 0.25) is 17.7 Å². The molecule has 190 valence electrons. The first-order valence-electron chi connectivity index (χ1n) is 11.9. The number of rotatable bonds is 5. The van der Waals surface area contributed by atoms with E-state index in [0.717, 1.165) is 0 Å². The molecular weight excluding hydrogens is 467 g/mol. The zero-order valence-electron chi connectivity index (χ0n) is 20.8. The number of nitrogens with zero attached hydrogens (tertiary/aromatic N) is 2. The Balaban J connectivity index is 1.56. The number of carbonyl (C=O) groups is 3. The zero-order chi connectivity index (χ0) is 26.0. The number of hydrogen-bond acceptors (Lipinski definition) is 6. The van der Waals surface area contributed by atoms with E-state index in [1.165, 1.54) is 11.0 Å². The molecule has 2 N–H and O–H groups in total. The number of amides is 3. The van der Waals surface area contributed by atoms with Gasteiger partial charge in [0.15, 0.2) is 5.82 Å². The normalized spacial score (nSPS) is 30.6. The van der Waals surface area contributed by atoms with Crippen LogP contribution in [0.25, 0.3) is 0 Å². The van der Waals surface area contributed by atoms with Crippen molar-refractivity contribution < 1.29 is 28.0 Å². The molecule has 0 unspecified atom stereocenters. The number of likely N-dealkylation sites (tertiary alicyclic amines) is 1. The van der Waals surface area contributed by atoms with E-state index in [0.29, 0.717) is 5.76 Å². The van der Waals surface area contributed by atoms with Gasteiger partial charge in [-0.05, 0) is 40.7 Å². The van der Waals surface area contributed by atoms with Crippen LogP contribution < -0.4 is 10.6 Å². The van der Waals surface area contributed by atoms with Crippen molar-refractivity contribution >= 4 is 23.5 Å². The Morgan fingerprint density at radius 1 is 1.19 bits per heavy atom. The average Bonchev–Trinajstić information content (AvgIpc) is 3.46. The lowest BCUT2D eigenvalue weighted by atomic mass is 9.70. The van der Waals surface area contributed by atoms with Crippen LogP contribution in [0.3, 0.4) is 0 Å². The molecule has 1 aromatic heterocycles. The van der Waals surface area contributed by atoms with Crippen molar-refractivity contribution in [3.8, 4) is 0 Å². The number of ether oxygens (including phenoxy) is 1. The van der Waals surface area contributed by atoms with Gasteiger partial charge in [0.1, 0.15) is 23.2 Å². The first-order valence-corrected chi connectivity index (χ1v) is 11.9. The Morgan fingerprint density at radius 3 is 2.56 bits per heavy atom. The molecule has 0 aliphatic carbocycles. The van der Waals surface area contributed by atoms with Crippen molar-refractivity contribution in [1.29, 1.82) is 0 Å². The smallest absolute Gasteiger partial charge is 0.246 e. The third-order valence-electron chi connectivity index (χ3n) is 7.00. The van der Waals surface area contributed by atoms with Gasteiger partial charge in [0.05, 0.1) is 17.4 Å². The lowest BCUT2D eigenvalue weighted by Crippen LogP contribution is -2.57. The molecule has 10 heteroatoms. The second-order valence-electron chi connectivity index (χ2n) is 10.9. The first-order chi connectivity index (χ1) is 16.8. The number of carbonyl (C=O) groups excluding carboxylic acids is 3. The summed E-state index contributed by atoms with van der Waals surface area (Å²) in [7, 11) is 0. The minimum atomic E-state index is -1.38. The van der Waals surface area contributed by atoms with Crippen molar-refractivity contribution in [2.24, 2.45) is 11.8 Å². The molecule has 0 saturated carbocycles. The predicted octanol–water partition coefficient (Wildman–Crippen LogP) is 2.72. The van der Waals surface area contributed by atoms with Gasteiger partial charge in [-0.3, -0.25) is 14.4 Å². The summed E-state index contributed by atoms with van der Waals surface area (Å²) in [6.45, 7) is 8.77. The maximum absolute atomic E-state index is 14.6. The highest BCUT2D eigenvalue weighted by atomic mass is 19.1. The Hall–Kier alpha value is -3.53. The van der Waals surface area contributed by atoms with E-state index in [4.69, 9.17) is 9.26 Å². The summed E-state index contributed by atoms with van der Waals surface area (Å²) in [5.74, 6) is -3.03. The fourth-order valence-corrected chi connectivity index (χ4v) is 5.68. The predicted molar refractivity (Wildman–Crippen MR) is 127 cm³/mol. The summed E-state index contributed by atoms with van der Waals surface area (Å²) in [6.07, 6.45) is 3.45. The molecule has 2 bridgehead atoms. The van der Waals surface area contributed by atoms with Crippen LogP contribution >= 0.6 is 0 Å². The van der Waals surface area contributed by atoms with Crippen molar-refractivity contribution in [1.82, 2.24) is 15.4 Å². The van der Waals surface area contributed by atoms with Gasteiger partial charge in [-0.25, -0.2) is 4.39 Å². The molecule has 2 aromatic rings. The van der Waals surface area contributed by atoms with Gasteiger partial charge in [0, 0.05) is 23.7 Å². The third kappa shape index (κ3) is 3.71. The minimum Gasteiger partial charge on any atom is -0.360 e. The Morgan fingerprint density at radius 2 is 1.92 bits per heavy atom.